The predicted molar refractivity (Wildman–Crippen MR) is 119 cm³/mol. The first kappa shape index (κ1) is 20.1. The molecule has 0 atom stereocenters. The number of hydrogen-bond donors (Lipinski definition) is 1. The second-order valence-electron chi connectivity index (χ2n) is 6.77. The van der Waals surface area contributed by atoms with Gasteiger partial charge in [-0.15, -0.1) is 0 Å². The van der Waals surface area contributed by atoms with E-state index in [9.17, 15) is 9.59 Å². The van der Waals surface area contributed by atoms with E-state index in [1.165, 1.54) is 0 Å². The molecule has 1 aromatic heterocycles. The van der Waals surface area contributed by atoms with Gasteiger partial charge in [0.25, 0.3) is 5.56 Å². The van der Waals surface area contributed by atoms with Crippen LogP contribution in [0.2, 0.25) is 0 Å². The standard InChI is InChI=1S/C25H20N2O4/c1-30-22-14-8-5-11-18(22)15-20(17-9-3-2-4-10-17)25(29)31-16-23-26-21-13-7-6-12-19(21)24(28)27-23/h2-15H,16H2,1H3,(H,26,27,28)/b20-15+. The average Bonchev–Trinajstić information content (AvgIpc) is 2.82. The zero-order valence-electron chi connectivity index (χ0n) is 16.9. The lowest BCUT2D eigenvalue weighted by Gasteiger charge is -2.11. The highest BCUT2D eigenvalue weighted by Crippen LogP contribution is 2.25. The zero-order chi connectivity index (χ0) is 21.6. The summed E-state index contributed by atoms with van der Waals surface area (Å²) in [5, 5.41) is 0.485. The third kappa shape index (κ3) is 4.53. The molecule has 0 aliphatic heterocycles. The Labute approximate surface area is 178 Å². The Morgan fingerprint density at radius 1 is 0.968 bits per heavy atom. The van der Waals surface area contributed by atoms with Gasteiger partial charge < -0.3 is 14.5 Å². The number of H-pyrrole nitrogens is 1. The normalized spacial score (nSPS) is 11.3. The number of aromatic nitrogens is 2. The van der Waals surface area contributed by atoms with E-state index >= 15 is 0 Å². The Kier molecular flexibility index (Phi) is 5.89. The molecule has 0 amide bonds. The van der Waals surface area contributed by atoms with Crippen molar-refractivity contribution < 1.29 is 14.3 Å². The number of para-hydroxylation sites is 2. The molecule has 0 aliphatic carbocycles. The third-order valence-corrected chi connectivity index (χ3v) is 4.75. The number of nitrogens with one attached hydrogen (secondary N) is 1. The number of carbonyl (C=O) groups excluding carboxylic acids is 1. The average molecular weight is 412 g/mol. The van der Waals surface area contributed by atoms with Gasteiger partial charge in [0.15, 0.2) is 0 Å². The van der Waals surface area contributed by atoms with Crippen molar-refractivity contribution in [2.75, 3.05) is 7.11 Å². The summed E-state index contributed by atoms with van der Waals surface area (Å²) in [4.78, 5) is 32.3. The van der Waals surface area contributed by atoms with E-state index in [1.54, 1.807) is 37.5 Å². The van der Waals surface area contributed by atoms with Crippen LogP contribution in [0.5, 0.6) is 5.75 Å². The van der Waals surface area contributed by atoms with Crippen molar-refractivity contribution in [2.45, 2.75) is 6.61 Å². The lowest BCUT2D eigenvalue weighted by atomic mass is 10.0. The van der Waals surface area contributed by atoms with Gasteiger partial charge in [0.2, 0.25) is 0 Å². The van der Waals surface area contributed by atoms with Crippen LogP contribution < -0.4 is 10.3 Å². The van der Waals surface area contributed by atoms with Gasteiger partial charge >= 0.3 is 5.97 Å². The number of fused-ring (bicyclic) bond motifs is 1. The van der Waals surface area contributed by atoms with E-state index in [1.807, 2.05) is 54.6 Å². The number of benzene rings is 3. The fraction of sp³-hybridized carbons (Fsp3) is 0.0800. The van der Waals surface area contributed by atoms with Crippen molar-refractivity contribution in [3.8, 4) is 5.75 Å². The van der Waals surface area contributed by atoms with Gasteiger partial charge in [-0.25, -0.2) is 9.78 Å². The van der Waals surface area contributed by atoms with Crippen LogP contribution in [0.25, 0.3) is 22.6 Å². The van der Waals surface area contributed by atoms with Gasteiger partial charge in [0, 0.05) is 5.56 Å². The smallest absolute Gasteiger partial charge is 0.339 e. The lowest BCUT2D eigenvalue weighted by molar-refractivity contribution is -0.138. The highest BCUT2D eigenvalue weighted by molar-refractivity contribution is 6.21. The van der Waals surface area contributed by atoms with Crippen LogP contribution in [0.4, 0.5) is 0 Å². The molecule has 6 nitrogen and oxygen atoms in total. The number of methoxy groups -OCH3 is 1. The van der Waals surface area contributed by atoms with Crippen LogP contribution in [-0.4, -0.2) is 23.0 Å². The summed E-state index contributed by atoms with van der Waals surface area (Å²) in [5.74, 6) is 0.388. The van der Waals surface area contributed by atoms with Crippen molar-refractivity contribution >= 4 is 28.5 Å². The zero-order valence-corrected chi connectivity index (χ0v) is 16.9. The maximum absolute atomic E-state index is 13.0. The second kappa shape index (κ2) is 9.09. The Morgan fingerprint density at radius 3 is 2.48 bits per heavy atom. The number of nitrogens with zero attached hydrogens (tertiary/aromatic N) is 1. The molecule has 4 aromatic rings. The first-order chi connectivity index (χ1) is 15.2. The quantitative estimate of drug-likeness (QED) is 0.291. The number of ether oxygens (including phenoxy) is 2. The van der Waals surface area contributed by atoms with Crippen molar-refractivity contribution in [1.29, 1.82) is 0 Å². The van der Waals surface area contributed by atoms with Crippen LogP contribution in [0.1, 0.15) is 17.0 Å². The van der Waals surface area contributed by atoms with Crippen molar-refractivity contribution in [3.05, 3.63) is 106 Å². The van der Waals surface area contributed by atoms with Gasteiger partial charge in [-0.05, 0) is 29.8 Å². The Balaban J connectivity index is 1.64. The summed E-state index contributed by atoms with van der Waals surface area (Å²) < 4.78 is 10.9. The van der Waals surface area contributed by atoms with E-state index in [4.69, 9.17) is 9.47 Å². The summed E-state index contributed by atoms with van der Waals surface area (Å²) in [6.45, 7) is -0.158. The minimum absolute atomic E-state index is 0.158. The summed E-state index contributed by atoms with van der Waals surface area (Å²) in [6.07, 6.45) is 1.73. The van der Waals surface area contributed by atoms with Gasteiger partial charge in [-0.3, -0.25) is 4.79 Å². The molecule has 0 fully saturated rings. The fourth-order valence-corrected chi connectivity index (χ4v) is 3.23. The van der Waals surface area contributed by atoms with Gasteiger partial charge in [0.1, 0.15) is 18.2 Å². The fourth-order valence-electron chi connectivity index (χ4n) is 3.23. The second-order valence-corrected chi connectivity index (χ2v) is 6.77. The minimum atomic E-state index is -0.534. The Morgan fingerprint density at radius 2 is 1.68 bits per heavy atom. The molecule has 154 valence electrons. The molecular formula is C25H20N2O4. The van der Waals surface area contributed by atoms with Crippen molar-refractivity contribution in [1.82, 2.24) is 9.97 Å². The highest BCUT2D eigenvalue weighted by Gasteiger charge is 2.16. The maximum atomic E-state index is 13.0. The predicted octanol–water partition coefficient (Wildman–Crippen LogP) is 4.22. The summed E-state index contributed by atoms with van der Waals surface area (Å²) in [6, 6.07) is 23.7. The molecule has 1 N–H and O–H groups in total. The largest absolute Gasteiger partial charge is 0.496 e. The van der Waals surface area contributed by atoms with Crippen LogP contribution in [0, 0.1) is 0 Å². The molecule has 0 bridgehead atoms. The van der Waals surface area contributed by atoms with Crippen LogP contribution in [-0.2, 0) is 16.1 Å². The van der Waals surface area contributed by atoms with E-state index < -0.39 is 5.97 Å². The van der Waals surface area contributed by atoms with E-state index in [0.717, 1.165) is 5.56 Å². The van der Waals surface area contributed by atoms with Crippen LogP contribution >= 0.6 is 0 Å². The third-order valence-electron chi connectivity index (χ3n) is 4.75. The van der Waals surface area contributed by atoms with Gasteiger partial charge in [0.05, 0.1) is 23.6 Å². The highest BCUT2D eigenvalue weighted by atomic mass is 16.5. The topological polar surface area (TPSA) is 81.3 Å². The molecule has 6 heteroatoms. The summed E-state index contributed by atoms with van der Waals surface area (Å²) >= 11 is 0. The number of esters is 1. The molecule has 3 aromatic carbocycles. The monoisotopic (exact) mass is 412 g/mol. The Bertz CT molecular complexity index is 1310. The molecule has 0 saturated heterocycles. The van der Waals surface area contributed by atoms with E-state index in [2.05, 4.69) is 9.97 Å². The molecule has 0 saturated carbocycles. The number of aromatic amines is 1. The number of hydrogen-bond acceptors (Lipinski definition) is 5. The molecular weight excluding hydrogens is 392 g/mol. The number of carbonyl (C=O) groups is 1. The molecule has 4 rings (SSSR count). The van der Waals surface area contributed by atoms with Crippen molar-refractivity contribution in [3.63, 3.8) is 0 Å². The molecule has 1 heterocycles. The molecule has 0 spiro atoms. The van der Waals surface area contributed by atoms with E-state index in [0.29, 0.717) is 27.8 Å². The van der Waals surface area contributed by atoms with Gasteiger partial charge in [-0.2, -0.15) is 0 Å². The minimum Gasteiger partial charge on any atom is -0.496 e. The summed E-state index contributed by atoms with van der Waals surface area (Å²) in [7, 11) is 1.58. The SMILES string of the molecule is COc1ccccc1/C=C(/C(=O)OCc1nc2ccccc2c(=O)[nH]1)c1ccccc1. The Hall–Kier alpha value is -4.19. The summed E-state index contributed by atoms with van der Waals surface area (Å²) in [5.41, 5.74) is 2.10. The number of rotatable bonds is 6. The van der Waals surface area contributed by atoms with Crippen molar-refractivity contribution in [2.24, 2.45) is 0 Å². The lowest BCUT2D eigenvalue weighted by Crippen LogP contribution is -2.15. The first-order valence-corrected chi connectivity index (χ1v) is 9.71. The molecule has 31 heavy (non-hydrogen) atoms. The van der Waals surface area contributed by atoms with E-state index in [-0.39, 0.29) is 18.0 Å². The van der Waals surface area contributed by atoms with Crippen LogP contribution in [0.15, 0.2) is 83.7 Å². The molecule has 0 aliphatic rings. The first-order valence-electron chi connectivity index (χ1n) is 9.71. The molecule has 0 unspecified atom stereocenters. The maximum Gasteiger partial charge on any atom is 0.339 e. The van der Waals surface area contributed by atoms with Crippen LogP contribution in [0.3, 0.4) is 0 Å². The van der Waals surface area contributed by atoms with Gasteiger partial charge in [-0.1, -0.05) is 60.7 Å². The molecule has 0 radical (unpaired) electrons.